The molecule has 0 aromatic carbocycles. The van der Waals surface area contributed by atoms with Gasteiger partial charge >= 0.3 is 0 Å². The summed E-state index contributed by atoms with van der Waals surface area (Å²) in [5.74, 6) is 1.14. The number of nitrogens with one attached hydrogen (secondary N) is 1. The van der Waals surface area contributed by atoms with Crippen molar-refractivity contribution in [2.24, 2.45) is 0 Å². The number of hydrogen-bond acceptors (Lipinski definition) is 9. The molecule has 0 radical (unpaired) electrons. The van der Waals surface area contributed by atoms with E-state index < -0.39 is 5.82 Å². The summed E-state index contributed by atoms with van der Waals surface area (Å²) in [5, 5.41) is 11.9. The summed E-state index contributed by atoms with van der Waals surface area (Å²) in [4.78, 5) is 26.8. The second kappa shape index (κ2) is 11.0. The Bertz CT molecular complexity index is 1490. The van der Waals surface area contributed by atoms with Crippen molar-refractivity contribution in [1.82, 2.24) is 39.3 Å². The molecule has 1 N–H and O–H groups in total. The van der Waals surface area contributed by atoms with Gasteiger partial charge in [0.25, 0.3) is 0 Å². The van der Waals surface area contributed by atoms with E-state index >= 15 is 0 Å². The molecule has 11 heteroatoms. The van der Waals surface area contributed by atoms with Crippen LogP contribution in [0.5, 0.6) is 0 Å². The quantitative estimate of drug-likeness (QED) is 0.376. The van der Waals surface area contributed by atoms with Crippen LogP contribution < -0.4 is 5.32 Å². The smallest absolute Gasteiger partial charge is 0.229 e. The normalized spacial score (nSPS) is 15.0. The summed E-state index contributed by atoms with van der Waals surface area (Å²) in [6.45, 7) is 13.8. The number of nitrogens with zero attached hydrogens (tertiary/aromatic N) is 9. The molecular formula is C28H33FN10. The molecule has 10 nitrogen and oxygen atoms in total. The van der Waals surface area contributed by atoms with Crippen molar-refractivity contribution >= 4 is 22.9 Å². The van der Waals surface area contributed by atoms with Gasteiger partial charge in [0, 0.05) is 69.2 Å². The lowest BCUT2D eigenvalue weighted by Gasteiger charge is -2.34. The highest BCUT2D eigenvalue weighted by molar-refractivity contribution is 5.78. The lowest BCUT2D eigenvalue weighted by molar-refractivity contribution is 0.129. The molecule has 5 heterocycles. The van der Waals surface area contributed by atoms with Crippen LogP contribution in [-0.4, -0.2) is 72.0 Å². The van der Waals surface area contributed by atoms with Gasteiger partial charge in [0.2, 0.25) is 5.95 Å². The van der Waals surface area contributed by atoms with Crippen LogP contribution in [0.2, 0.25) is 0 Å². The molecule has 0 aliphatic carbocycles. The number of nitriles is 1. The van der Waals surface area contributed by atoms with Crippen LogP contribution in [0.3, 0.4) is 0 Å². The van der Waals surface area contributed by atoms with Crippen LogP contribution in [0.1, 0.15) is 38.6 Å². The van der Waals surface area contributed by atoms with Crippen LogP contribution in [0, 0.1) is 24.1 Å². The molecular weight excluding hydrogens is 495 g/mol. The van der Waals surface area contributed by atoms with Gasteiger partial charge in [-0.25, -0.2) is 29.3 Å². The lowest BCUT2D eigenvalue weighted by atomic mass is 10.1. The zero-order valence-electron chi connectivity index (χ0n) is 22.8. The van der Waals surface area contributed by atoms with Gasteiger partial charge in [-0.2, -0.15) is 5.26 Å². The van der Waals surface area contributed by atoms with Gasteiger partial charge in [-0.3, -0.25) is 9.80 Å². The van der Waals surface area contributed by atoms with E-state index in [1.54, 1.807) is 6.20 Å². The summed E-state index contributed by atoms with van der Waals surface area (Å²) in [6.07, 6.45) is 5.16. The Labute approximate surface area is 227 Å². The Balaban J connectivity index is 1.28. The summed E-state index contributed by atoms with van der Waals surface area (Å²) >= 11 is 0. The predicted molar refractivity (Wildman–Crippen MR) is 148 cm³/mol. The molecule has 1 aliphatic rings. The lowest BCUT2D eigenvalue weighted by Crippen LogP contribution is -2.46. The highest BCUT2D eigenvalue weighted by Gasteiger charge is 2.22. The average Bonchev–Trinajstić information content (AvgIpc) is 3.26. The van der Waals surface area contributed by atoms with E-state index in [4.69, 9.17) is 5.26 Å². The number of anilines is 2. The van der Waals surface area contributed by atoms with E-state index in [1.807, 2.05) is 31.3 Å². The van der Waals surface area contributed by atoms with Crippen LogP contribution in [0.25, 0.3) is 22.4 Å². The Morgan fingerprint density at radius 1 is 1.00 bits per heavy atom. The molecule has 0 amide bonds. The van der Waals surface area contributed by atoms with Crippen LogP contribution in [0.15, 0.2) is 36.8 Å². The van der Waals surface area contributed by atoms with Gasteiger partial charge in [0.15, 0.2) is 11.5 Å². The molecule has 0 unspecified atom stereocenters. The Hall–Kier alpha value is -4.01. The molecule has 0 bridgehead atoms. The standard InChI is InChI=1S/C28H33FN10/c1-19-34-26-23(39(19)28(2,3)4)14-21(16-32-26)25-22(29)17-33-27(36-25)35-24-7-6-20(15-31-24)18-38-12-10-37(11-13-38)9-5-8-30/h6-7,14-17H,5,9-13,18H2,1-4H3,(H,31,33,35,36). The van der Waals surface area contributed by atoms with Gasteiger partial charge in [-0.05, 0) is 45.4 Å². The average molecular weight is 529 g/mol. The number of hydrogen-bond donors (Lipinski definition) is 1. The van der Waals surface area contributed by atoms with E-state index in [0.29, 0.717) is 23.4 Å². The highest BCUT2D eigenvalue weighted by atomic mass is 19.1. The first kappa shape index (κ1) is 26.6. The maximum atomic E-state index is 14.9. The number of aryl methyl sites for hydroxylation is 1. The van der Waals surface area contributed by atoms with E-state index in [9.17, 15) is 4.39 Å². The van der Waals surface area contributed by atoms with Gasteiger partial charge in [-0.15, -0.1) is 0 Å². The number of rotatable bonds is 7. The van der Waals surface area contributed by atoms with E-state index in [0.717, 1.165) is 62.4 Å². The maximum Gasteiger partial charge on any atom is 0.229 e. The molecule has 1 saturated heterocycles. The molecule has 202 valence electrons. The highest BCUT2D eigenvalue weighted by Crippen LogP contribution is 2.29. The summed E-state index contributed by atoms with van der Waals surface area (Å²) in [5.41, 5.74) is 3.05. The second-order valence-electron chi connectivity index (χ2n) is 10.8. The summed E-state index contributed by atoms with van der Waals surface area (Å²) < 4.78 is 16.9. The van der Waals surface area contributed by atoms with Gasteiger partial charge in [-0.1, -0.05) is 6.07 Å². The monoisotopic (exact) mass is 528 g/mol. The van der Waals surface area contributed by atoms with E-state index in [1.165, 1.54) is 0 Å². The first-order valence-electron chi connectivity index (χ1n) is 13.1. The van der Waals surface area contributed by atoms with Crippen LogP contribution in [-0.2, 0) is 12.1 Å². The van der Waals surface area contributed by atoms with Gasteiger partial charge in [0.05, 0.1) is 17.8 Å². The minimum Gasteiger partial charge on any atom is -0.321 e. The number of halogens is 1. The van der Waals surface area contributed by atoms with Crippen LogP contribution in [0.4, 0.5) is 16.2 Å². The number of imidazole rings is 1. The summed E-state index contributed by atoms with van der Waals surface area (Å²) in [6, 6.07) is 7.99. The van der Waals surface area contributed by atoms with E-state index in [2.05, 4.69) is 71.4 Å². The van der Waals surface area contributed by atoms with Crippen molar-refractivity contribution in [2.45, 2.75) is 46.2 Å². The molecule has 4 aromatic heterocycles. The number of piperazine rings is 1. The van der Waals surface area contributed by atoms with E-state index in [-0.39, 0.29) is 17.2 Å². The minimum atomic E-state index is -0.531. The Morgan fingerprint density at radius 2 is 1.77 bits per heavy atom. The minimum absolute atomic E-state index is 0.159. The fourth-order valence-electron chi connectivity index (χ4n) is 5.02. The fourth-order valence-corrected chi connectivity index (χ4v) is 5.02. The third-order valence-electron chi connectivity index (χ3n) is 6.84. The third-order valence-corrected chi connectivity index (χ3v) is 6.84. The van der Waals surface area contributed by atoms with Gasteiger partial charge in [0.1, 0.15) is 17.3 Å². The third kappa shape index (κ3) is 6.02. The molecule has 0 spiro atoms. The Kier molecular flexibility index (Phi) is 7.50. The molecule has 0 atom stereocenters. The second-order valence-corrected chi connectivity index (χ2v) is 10.8. The van der Waals surface area contributed by atoms with Crippen molar-refractivity contribution in [3.63, 3.8) is 0 Å². The first-order valence-corrected chi connectivity index (χ1v) is 13.1. The van der Waals surface area contributed by atoms with Crippen LogP contribution >= 0.6 is 0 Å². The first-order chi connectivity index (χ1) is 18.7. The maximum absolute atomic E-state index is 14.9. The van der Waals surface area contributed by atoms with Crippen molar-refractivity contribution < 1.29 is 4.39 Å². The fraction of sp³-hybridized carbons (Fsp3) is 0.429. The SMILES string of the molecule is Cc1nc2ncc(-c3nc(Nc4ccc(CN5CCN(CCC#N)CC5)cn4)ncc3F)cc2n1C(C)(C)C. The molecule has 1 aliphatic heterocycles. The number of pyridine rings is 2. The zero-order chi connectivity index (χ0) is 27.6. The number of aromatic nitrogens is 6. The molecule has 5 rings (SSSR count). The van der Waals surface area contributed by atoms with Gasteiger partial charge < -0.3 is 9.88 Å². The number of fused-ring (bicyclic) bond motifs is 1. The predicted octanol–water partition coefficient (Wildman–Crippen LogP) is 4.26. The summed E-state index contributed by atoms with van der Waals surface area (Å²) in [7, 11) is 0. The topological polar surface area (TPSA) is 112 Å². The van der Waals surface area contributed by atoms with Crippen molar-refractivity contribution in [2.75, 3.05) is 38.0 Å². The van der Waals surface area contributed by atoms with Crippen molar-refractivity contribution in [3.8, 4) is 17.3 Å². The largest absolute Gasteiger partial charge is 0.321 e. The van der Waals surface area contributed by atoms with Crippen molar-refractivity contribution in [3.05, 3.63) is 54.0 Å². The molecule has 4 aromatic rings. The Morgan fingerprint density at radius 3 is 2.46 bits per heavy atom. The molecule has 39 heavy (non-hydrogen) atoms. The zero-order valence-corrected chi connectivity index (χ0v) is 22.8. The molecule has 0 saturated carbocycles. The molecule has 1 fully saturated rings. The van der Waals surface area contributed by atoms with Crippen molar-refractivity contribution in [1.29, 1.82) is 5.26 Å².